The van der Waals surface area contributed by atoms with Crippen molar-refractivity contribution in [3.8, 4) is 0 Å². The summed E-state index contributed by atoms with van der Waals surface area (Å²) in [4.78, 5) is 27.2. The molecule has 1 aromatic rings. The Morgan fingerprint density at radius 1 is 1.36 bits per heavy atom. The summed E-state index contributed by atoms with van der Waals surface area (Å²) >= 11 is 0. The monoisotopic (exact) mass is 346 g/mol. The van der Waals surface area contributed by atoms with Crippen LogP contribution < -0.4 is 5.32 Å². The minimum Gasteiger partial charge on any atom is -0.338 e. The van der Waals surface area contributed by atoms with E-state index in [9.17, 15) is 14.9 Å². The summed E-state index contributed by atoms with van der Waals surface area (Å²) < 4.78 is 0. The van der Waals surface area contributed by atoms with Gasteiger partial charge in [0.25, 0.3) is 5.69 Å². The number of rotatable bonds is 5. The van der Waals surface area contributed by atoms with E-state index in [1.165, 1.54) is 12.5 Å². The second-order valence-electron chi connectivity index (χ2n) is 7.02. The number of likely N-dealkylation sites (tertiary alicyclic amines) is 1. The summed E-state index contributed by atoms with van der Waals surface area (Å²) in [6, 6.07) is 4.88. The lowest BCUT2D eigenvalue weighted by molar-refractivity contribution is -0.385. The van der Waals surface area contributed by atoms with E-state index in [2.05, 4.69) is 17.1 Å². The predicted octanol–water partition coefficient (Wildman–Crippen LogP) is 2.39. The number of hydrogen-bond acceptors (Lipinski definition) is 4. The maximum atomic E-state index is 12.5. The molecule has 0 aromatic heterocycles. The van der Waals surface area contributed by atoms with Crippen LogP contribution in [0.2, 0.25) is 0 Å². The van der Waals surface area contributed by atoms with Gasteiger partial charge in [0.15, 0.2) is 0 Å². The highest BCUT2D eigenvalue weighted by molar-refractivity contribution is 5.74. The average Bonchev–Trinajstić information content (AvgIpc) is 3.06. The topological polar surface area (TPSA) is 78.7 Å². The molecule has 0 saturated carbocycles. The molecule has 0 spiro atoms. The number of nitrogens with zero attached hydrogens (tertiary/aromatic N) is 3. The van der Waals surface area contributed by atoms with Gasteiger partial charge in [0.05, 0.1) is 4.92 Å². The van der Waals surface area contributed by atoms with Crippen molar-refractivity contribution >= 4 is 11.7 Å². The molecule has 1 N–H and O–H groups in total. The molecule has 0 bridgehead atoms. The summed E-state index contributed by atoms with van der Waals surface area (Å²) in [5.74, 6) is 0.522. The van der Waals surface area contributed by atoms with Crippen LogP contribution in [0.1, 0.15) is 30.9 Å². The smallest absolute Gasteiger partial charge is 0.317 e. The van der Waals surface area contributed by atoms with E-state index in [-0.39, 0.29) is 16.6 Å². The molecular formula is C18H26N4O3. The Morgan fingerprint density at radius 3 is 2.96 bits per heavy atom. The SMILES string of the molecule is CCCN1CC[C@@H](CNC(=O)N2CCc3ccc([N+](=O)[O-])cc3C2)C1. The summed E-state index contributed by atoms with van der Waals surface area (Å²) in [5.41, 5.74) is 2.06. The van der Waals surface area contributed by atoms with Gasteiger partial charge in [0, 0.05) is 38.3 Å². The first kappa shape index (κ1) is 17.7. The highest BCUT2D eigenvalue weighted by atomic mass is 16.6. The molecule has 2 amide bonds. The third kappa shape index (κ3) is 4.28. The Labute approximate surface area is 148 Å². The average molecular weight is 346 g/mol. The molecule has 1 atom stereocenters. The largest absolute Gasteiger partial charge is 0.338 e. The fourth-order valence-corrected chi connectivity index (χ4v) is 3.77. The molecule has 0 unspecified atom stereocenters. The Kier molecular flexibility index (Phi) is 5.53. The first-order valence-corrected chi connectivity index (χ1v) is 9.08. The van der Waals surface area contributed by atoms with Gasteiger partial charge in [-0.15, -0.1) is 0 Å². The number of benzene rings is 1. The fraction of sp³-hybridized carbons (Fsp3) is 0.611. The van der Waals surface area contributed by atoms with Gasteiger partial charge in [0.1, 0.15) is 0 Å². The van der Waals surface area contributed by atoms with Crippen molar-refractivity contribution < 1.29 is 9.72 Å². The Balaban J connectivity index is 1.52. The van der Waals surface area contributed by atoms with Crippen LogP contribution in [-0.4, -0.2) is 53.5 Å². The van der Waals surface area contributed by atoms with Crippen molar-refractivity contribution in [2.24, 2.45) is 5.92 Å². The maximum Gasteiger partial charge on any atom is 0.317 e. The minimum atomic E-state index is -0.387. The molecular weight excluding hydrogens is 320 g/mol. The normalized spacial score (nSPS) is 20.4. The van der Waals surface area contributed by atoms with Crippen molar-refractivity contribution in [1.29, 1.82) is 0 Å². The van der Waals surface area contributed by atoms with Crippen LogP contribution in [0.3, 0.4) is 0 Å². The zero-order valence-corrected chi connectivity index (χ0v) is 14.7. The number of carbonyl (C=O) groups excluding carboxylic acids is 1. The Morgan fingerprint density at radius 2 is 2.20 bits per heavy atom. The third-order valence-electron chi connectivity index (χ3n) is 5.15. The number of non-ortho nitro benzene ring substituents is 1. The van der Waals surface area contributed by atoms with E-state index in [1.807, 2.05) is 6.07 Å². The number of urea groups is 1. The maximum absolute atomic E-state index is 12.5. The van der Waals surface area contributed by atoms with Crippen molar-refractivity contribution in [2.75, 3.05) is 32.7 Å². The van der Waals surface area contributed by atoms with E-state index in [1.54, 1.807) is 11.0 Å². The molecule has 2 aliphatic rings. The molecule has 2 aliphatic heterocycles. The molecule has 7 nitrogen and oxygen atoms in total. The number of amides is 2. The lowest BCUT2D eigenvalue weighted by Crippen LogP contribution is -2.44. The highest BCUT2D eigenvalue weighted by Crippen LogP contribution is 2.24. The number of fused-ring (bicyclic) bond motifs is 1. The number of nitrogens with one attached hydrogen (secondary N) is 1. The molecule has 0 aliphatic carbocycles. The van der Waals surface area contributed by atoms with E-state index < -0.39 is 0 Å². The van der Waals surface area contributed by atoms with Crippen molar-refractivity contribution in [3.05, 3.63) is 39.4 Å². The number of hydrogen-bond donors (Lipinski definition) is 1. The highest BCUT2D eigenvalue weighted by Gasteiger charge is 2.25. The van der Waals surface area contributed by atoms with Gasteiger partial charge < -0.3 is 15.1 Å². The van der Waals surface area contributed by atoms with Crippen LogP contribution in [0, 0.1) is 16.0 Å². The van der Waals surface area contributed by atoms with Crippen LogP contribution in [0.4, 0.5) is 10.5 Å². The van der Waals surface area contributed by atoms with Crippen molar-refractivity contribution in [3.63, 3.8) is 0 Å². The summed E-state index contributed by atoms with van der Waals surface area (Å²) in [6.45, 7) is 7.30. The van der Waals surface area contributed by atoms with E-state index in [0.29, 0.717) is 25.6 Å². The lowest BCUT2D eigenvalue weighted by Gasteiger charge is -2.29. The molecule has 25 heavy (non-hydrogen) atoms. The minimum absolute atomic E-state index is 0.0638. The predicted molar refractivity (Wildman–Crippen MR) is 95.4 cm³/mol. The zero-order valence-electron chi connectivity index (χ0n) is 14.7. The second kappa shape index (κ2) is 7.82. The van der Waals surface area contributed by atoms with E-state index in [4.69, 9.17) is 0 Å². The quantitative estimate of drug-likeness (QED) is 0.656. The zero-order chi connectivity index (χ0) is 17.8. The summed E-state index contributed by atoms with van der Waals surface area (Å²) in [5, 5.41) is 14.0. The molecule has 0 radical (unpaired) electrons. The van der Waals surface area contributed by atoms with Crippen LogP contribution >= 0.6 is 0 Å². The molecule has 3 rings (SSSR count). The van der Waals surface area contributed by atoms with E-state index in [0.717, 1.165) is 43.6 Å². The van der Waals surface area contributed by atoms with Gasteiger partial charge >= 0.3 is 6.03 Å². The van der Waals surface area contributed by atoms with Crippen LogP contribution in [0.25, 0.3) is 0 Å². The number of nitro benzene ring substituents is 1. The van der Waals surface area contributed by atoms with Crippen LogP contribution in [-0.2, 0) is 13.0 Å². The molecule has 1 saturated heterocycles. The van der Waals surface area contributed by atoms with E-state index >= 15 is 0 Å². The van der Waals surface area contributed by atoms with Gasteiger partial charge in [0.2, 0.25) is 0 Å². The van der Waals surface area contributed by atoms with Crippen molar-refractivity contribution in [1.82, 2.24) is 15.1 Å². The molecule has 1 fully saturated rings. The number of carbonyl (C=O) groups is 1. The fourth-order valence-electron chi connectivity index (χ4n) is 3.77. The van der Waals surface area contributed by atoms with Gasteiger partial charge in [-0.3, -0.25) is 10.1 Å². The number of nitro groups is 1. The molecule has 1 aromatic carbocycles. The van der Waals surface area contributed by atoms with Crippen LogP contribution in [0.15, 0.2) is 18.2 Å². The first-order valence-electron chi connectivity index (χ1n) is 9.08. The molecule has 136 valence electrons. The van der Waals surface area contributed by atoms with Crippen LogP contribution in [0.5, 0.6) is 0 Å². The van der Waals surface area contributed by atoms with Gasteiger partial charge in [-0.2, -0.15) is 0 Å². The standard InChI is InChI=1S/C18H26N4O3/c1-2-7-20-8-5-14(12-20)11-19-18(23)21-9-6-15-3-4-17(22(24)25)10-16(15)13-21/h3-4,10,14H,2,5-9,11-13H2,1H3,(H,19,23)/t14-/m0/s1. The Hall–Kier alpha value is -2.15. The third-order valence-corrected chi connectivity index (χ3v) is 5.15. The van der Waals surface area contributed by atoms with Crippen molar-refractivity contribution in [2.45, 2.75) is 32.7 Å². The van der Waals surface area contributed by atoms with Gasteiger partial charge in [-0.1, -0.05) is 13.0 Å². The molecule has 2 heterocycles. The second-order valence-corrected chi connectivity index (χ2v) is 7.02. The summed E-state index contributed by atoms with van der Waals surface area (Å²) in [7, 11) is 0. The summed E-state index contributed by atoms with van der Waals surface area (Å²) in [6.07, 6.45) is 3.04. The Bertz CT molecular complexity index is 649. The molecule has 7 heteroatoms. The van der Waals surface area contributed by atoms with Gasteiger partial charge in [-0.25, -0.2) is 4.79 Å². The van der Waals surface area contributed by atoms with Gasteiger partial charge in [-0.05, 0) is 49.4 Å². The first-order chi connectivity index (χ1) is 12.1. The lowest BCUT2D eigenvalue weighted by atomic mass is 9.99.